The van der Waals surface area contributed by atoms with E-state index in [1.165, 1.54) is 15.8 Å². The van der Waals surface area contributed by atoms with Crippen LogP contribution in [0.25, 0.3) is 11.4 Å². The second-order valence-electron chi connectivity index (χ2n) is 6.19. The van der Waals surface area contributed by atoms with Crippen LogP contribution in [-0.4, -0.2) is 31.5 Å². The Morgan fingerprint density at radius 2 is 1.48 bits per heavy atom. The lowest BCUT2D eigenvalue weighted by Crippen LogP contribution is -2.13. The first-order chi connectivity index (χ1) is 14.1. The molecule has 0 amide bonds. The molecule has 0 atom stereocenters. The highest BCUT2D eigenvalue weighted by atomic mass is 35.5. The summed E-state index contributed by atoms with van der Waals surface area (Å²) in [5.41, 5.74) is 9.03. The highest BCUT2D eigenvalue weighted by Crippen LogP contribution is 2.20. The first kappa shape index (κ1) is 28.8. The van der Waals surface area contributed by atoms with Crippen molar-refractivity contribution in [2.24, 2.45) is 5.73 Å². The highest BCUT2D eigenvalue weighted by molar-refractivity contribution is 7.93. The molecule has 2 aromatic carbocycles. The zero-order valence-electron chi connectivity index (χ0n) is 16.6. The van der Waals surface area contributed by atoms with E-state index >= 15 is 0 Å². The van der Waals surface area contributed by atoms with Gasteiger partial charge in [0.15, 0.2) is 11.6 Å². The number of hydrogen-bond acceptors (Lipinski definition) is 7. The smallest absolute Gasteiger partial charge is 0.182 e. The quantitative estimate of drug-likeness (QED) is 0.284. The van der Waals surface area contributed by atoms with Gasteiger partial charge < -0.3 is 11.6 Å². The second-order valence-corrected chi connectivity index (χ2v) is 7.73. The van der Waals surface area contributed by atoms with Crippen LogP contribution in [-0.2, 0) is 0 Å². The Bertz CT molecular complexity index is 1020. The third kappa shape index (κ3) is 9.23. The average molecular weight is 499 g/mol. The standard InChI is InChI=1S/C11H14N4.C8H7Cl2NO.CS2.CH4/c1-7-4-8(2)6-10(5-7)11-14-13-9(3)15(11)12;9-6-1-5(8(12)4-11)2-7(10)3-6;2-1-3;/h4-6H,12H2,1-3H3;1-3H,4,11H2;;1H4. The number of carbonyl (C=O) groups is 1. The predicted molar refractivity (Wildman–Crippen MR) is 137 cm³/mol. The van der Waals surface area contributed by atoms with Gasteiger partial charge in [-0.25, -0.2) is 4.68 Å². The van der Waals surface area contributed by atoms with Gasteiger partial charge in [0.25, 0.3) is 0 Å². The van der Waals surface area contributed by atoms with Crippen LogP contribution >= 0.6 is 47.6 Å². The van der Waals surface area contributed by atoms with E-state index in [0.717, 1.165) is 5.56 Å². The highest BCUT2D eigenvalue weighted by Gasteiger charge is 2.09. The van der Waals surface area contributed by atoms with Gasteiger partial charge in [-0.1, -0.05) is 47.8 Å². The monoisotopic (exact) mass is 497 g/mol. The van der Waals surface area contributed by atoms with Crippen LogP contribution in [0, 0.1) is 20.8 Å². The van der Waals surface area contributed by atoms with Crippen molar-refractivity contribution in [1.29, 1.82) is 0 Å². The molecule has 0 aliphatic heterocycles. The molecule has 10 heteroatoms. The lowest BCUT2D eigenvalue weighted by atomic mass is 10.1. The van der Waals surface area contributed by atoms with Crippen molar-refractivity contribution in [3.8, 4) is 11.4 Å². The van der Waals surface area contributed by atoms with Gasteiger partial charge in [-0.15, -0.1) is 10.2 Å². The Morgan fingerprint density at radius 3 is 1.87 bits per heavy atom. The SMILES string of the molecule is C.Cc1cc(C)cc(-c2nnc(C)n2N)c1.NCC(=O)c1cc(Cl)cc(Cl)c1.S=C=S. The number of thiocarbonyl (C=S) groups is 2. The van der Waals surface area contributed by atoms with Crippen LogP contribution in [0.5, 0.6) is 0 Å². The van der Waals surface area contributed by atoms with Crippen LogP contribution in [0.15, 0.2) is 36.4 Å². The molecule has 166 valence electrons. The van der Waals surface area contributed by atoms with E-state index in [1.807, 2.05) is 11.2 Å². The van der Waals surface area contributed by atoms with Crippen LogP contribution in [0.2, 0.25) is 10.0 Å². The number of carbonyl (C=O) groups excluding carboxylic acids is 1. The summed E-state index contributed by atoms with van der Waals surface area (Å²) < 4.78 is 3.42. The van der Waals surface area contributed by atoms with Crippen LogP contribution in [0.3, 0.4) is 0 Å². The Hall–Kier alpha value is -2.19. The molecule has 0 fully saturated rings. The minimum absolute atomic E-state index is 0. The summed E-state index contributed by atoms with van der Waals surface area (Å²) >= 11 is 19.3. The van der Waals surface area contributed by atoms with Crippen LogP contribution in [0.1, 0.15) is 34.7 Å². The molecule has 0 bridgehead atoms. The van der Waals surface area contributed by atoms with Gasteiger partial charge >= 0.3 is 0 Å². The maximum Gasteiger partial charge on any atom is 0.182 e. The van der Waals surface area contributed by atoms with Crippen molar-refractivity contribution in [2.45, 2.75) is 28.2 Å². The van der Waals surface area contributed by atoms with Gasteiger partial charge in [0.2, 0.25) is 0 Å². The van der Waals surface area contributed by atoms with E-state index in [9.17, 15) is 4.79 Å². The summed E-state index contributed by atoms with van der Waals surface area (Å²) in [6.07, 6.45) is 0. The number of hydrogen-bond donors (Lipinski definition) is 2. The van der Waals surface area contributed by atoms with Crippen LogP contribution < -0.4 is 11.6 Å². The fourth-order valence-corrected chi connectivity index (χ4v) is 3.03. The van der Waals surface area contributed by atoms with E-state index in [-0.39, 0.29) is 19.8 Å². The largest absolute Gasteiger partial charge is 0.336 e. The Labute approximate surface area is 203 Å². The maximum atomic E-state index is 11.1. The molecule has 0 spiro atoms. The number of aromatic nitrogens is 3. The molecule has 1 heterocycles. The Morgan fingerprint density at radius 1 is 1.00 bits per heavy atom. The summed E-state index contributed by atoms with van der Waals surface area (Å²) in [6, 6.07) is 10.9. The lowest BCUT2D eigenvalue weighted by Gasteiger charge is -2.04. The fraction of sp³-hybridized carbons (Fsp3) is 0.238. The first-order valence-electron chi connectivity index (χ1n) is 8.57. The molecule has 3 rings (SSSR count). The molecule has 1 aromatic heterocycles. The van der Waals surface area contributed by atoms with E-state index < -0.39 is 0 Å². The van der Waals surface area contributed by atoms with Gasteiger partial charge in [-0.3, -0.25) is 4.79 Å². The van der Waals surface area contributed by atoms with Crippen LogP contribution in [0.4, 0.5) is 0 Å². The van der Waals surface area contributed by atoms with Crippen molar-refractivity contribution in [1.82, 2.24) is 14.9 Å². The number of rotatable bonds is 3. The lowest BCUT2D eigenvalue weighted by molar-refractivity contribution is 0.100. The Kier molecular flexibility index (Phi) is 13.0. The Balaban J connectivity index is 0.000000511. The molecular formula is C21H25Cl2N5OS2. The van der Waals surface area contributed by atoms with Gasteiger partial charge in [0.1, 0.15) is 5.82 Å². The van der Waals surface area contributed by atoms with E-state index in [1.54, 1.807) is 18.2 Å². The predicted octanol–water partition coefficient (Wildman–Crippen LogP) is 5.37. The fourth-order valence-electron chi connectivity index (χ4n) is 2.50. The number of halogens is 2. The van der Waals surface area contributed by atoms with Gasteiger partial charge in [0.05, 0.1) is 6.54 Å². The number of ketones is 1. The van der Waals surface area contributed by atoms with Crippen molar-refractivity contribution >= 4 is 57.7 Å². The van der Waals surface area contributed by atoms with Crippen molar-refractivity contribution in [3.63, 3.8) is 0 Å². The summed E-state index contributed by atoms with van der Waals surface area (Å²) in [4.78, 5) is 11.1. The van der Waals surface area contributed by atoms with Gasteiger partial charge in [0, 0.05) is 25.5 Å². The molecule has 0 saturated heterocycles. The third-order valence-electron chi connectivity index (χ3n) is 3.72. The van der Waals surface area contributed by atoms with E-state index in [4.69, 9.17) is 34.8 Å². The molecule has 0 aliphatic carbocycles. The number of nitrogens with two attached hydrogens (primary N) is 2. The van der Waals surface area contributed by atoms with Gasteiger partial charge in [-0.05, 0) is 75.5 Å². The van der Waals surface area contributed by atoms with Gasteiger partial charge in [-0.2, -0.15) is 0 Å². The molecule has 4 N–H and O–H groups in total. The maximum absolute atomic E-state index is 11.1. The minimum atomic E-state index is -0.167. The molecule has 3 aromatic rings. The van der Waals surface area contributed by atoms with Crippen molar-refractivity contribution in [3.05, 3.63) is 69.0 Å². The zero-order chi connectivity index (χ0) is 22.8. The second kappa shape index (κ2) is 14.0. The molecule has 0 aliphatic rings. The third-order valence-corrected chi connectivity index (χ3v) is 4.15. The summed E-state index contributed by atoms with van der Waals surface area (Å²) in [5, 5.41) is 8.88. The van der Waals surface area contributed by atoms with Crippen molar-refractivity contribution in [2.75, 3.05) is 12.4 Å². The molecular weight excluding hydrogens is 473 g/mol. The van der Waals surface area contributed by atoms with E-state index in [0.29, 0.717) is 27.3 Å². The molecule has 0 radical (unpaired) electrons. The first-order valence-corrected chi connectivity index (χ1v) is 10.1. The van der Waals surface area contributed by atoms with E-state index in [2.05, 4.69) is 66.7 Å². The topological polar surface area (TPSA) is 99.8 Å². The normalized spacial score (nSPS) is 9.23. The number of benzene rings is 2. The molecule has 0 saturated carbocycles. The number of nitrogen functional groups attached to an aromatic ring is 1. The zero-order valence-corrected chi connectivity index (χ0v) is 19.8. The number of aryl methyl sites for hydroxylation is 3. The molecule has 31 heavy (non-hydrogen) atoms. The minimum Gasteiger partial charge on any atom is -0.336 e. The molecule has 0 unspecified atom stereocenters. The number of nitrogens with zero attached hydrogens (tertiary/aromatic N) is 3. The molecule has 6 nitrogen and oxygen atoms in total. The average Bonchev–Trinajstić information content (AvgIpc) is 2.99. The van der Waals surface area contributed by atoms with Crippen molar-refractivity contribution < 1.29 is 4.79 Å². The summed E-state index contributed by atoms with van der Waals surface area (Å²) in [6.45, 7) is 5.91. The summed E-state index contributed by atoms with van der Waals surface area (Å²) in [7, 11) is 0. The summed E-state index contributed by atoms with van der Waals surface area (Å²) in [5.74, 6) is 7.08. The number of Topliss-reactive ketones (excluding diaryl/α,β-unsaturated/α-hetero) is 1.